The van der Waals surface area contributed by atoms with Gasteiger partial charge in [-0.05, 0) is 17.4 Å². The normalized spacial score (nSPS) is 12.1. The zero-order chi connectivity index (χ0) is 13.4. The Morgan fingerprint density at radius 3 is 3.17 bits per heavy atom. The van der Waals surface area contributed by atoms with E-state index in [1.165, 1.54) is 11.8 Å². The van der Waals surface area contributed by atoms with Crippen molar-refractivity contribution in [2.45, 2.75) is 24.7 Å². The number of allylic oxidation sites excluding steroid dienone is 1. The van der Waals surface area contributed by atoms with Crippen molar-refractivity contribution in [3.05, 3.63) is 12.7 Å². The zero-order valence-corrected chi connectivity index (χ0v) is 11.3. The fourth-order valence-corrected chi connectivity index (χ4v) is 1.97. The molecule has 1 N–H and O–H groups in total. The number of ether oxygens (including phenoxy) is 1. The SMILES string of the molecule is C=CCn1nnnc1SCC(=O)N[C@@H](C)COC. The van der Waals surface area contributed by atoms with Crippen LogP contribution in [0.4, 0.5) is 0 Å². The second-order valence-corrected chi connectivity index (χ2v) is 4.59. The Hall–Kier alpha value is -1.41. The summed E-state index contributed by atoms with van der Waals surface area (Å²) >= 11 is 1.29. The first-order chi connectivity index (χ1) is 8.67. The number of carbonyl (C=O) groups excluding carboxylic acids is 1. The molecule has 1 atom stereocenters. The predicted octanol–water partition coefficient (Wildman–Crippen LogP) is 0.102. The first-order valence-corrected chi connectivity index (χ1v) is 6.44. The van der Waals surface area contributed by atoms with Crippen LogP contribution in [0.3, 0.4) is 0 Å². The van der Waals surface area contributed by atoms with E-state index >= 15 is 0 Å². The molecule has 0 bridgehead atoms. The number of amides is 1. The zero-order valence-electron chi connectivity index (χ0n) is 10.5. The van der Waals surface area contributed by atoms with E-state index in [1.807, 2.05) is 6.92 Å². The van der Waals surface area contributed by atoms with E-state index in [4.69, 9.17) is 4.74 Å². The van der Waals surface area contributed by atoms with Crippen molar-refractivity contribution in [1.82, 2.24) is 25.5 Å². The van der Waals surface area contributed by atoms with Gasteiger partial charge in [0.1, 0.15) is 0 Å². The number of thioether (sulfide) groups is 1. The van der Waals surface area contributed by atoms with Crippen LogP contribution in [0.5, 0.6) is 0 Å². The highest BCUT2D eigenvalue weighted by atomic mass is 32.2. The molecule has 0 aliphatic carbocycles. The van der Waals surface area contributed by atoms with Crippen LogP contribution in [-0.4, -0.2) is 51.6 Å². The lowest BCUT2D eigenvalue weighted by atomic mass is 10.3. The quantitative estimate of drug-likeness (QED) is 0.533. The van der Waals surface area contributed by atoms with E-state index in [1.54, 1.807) is 17.9 Å². The summed E-state index contributed by atoms with van der Waals surface area (Å²) in [6.45, 7) is 6.51. The monoisotopic (exact) mass is 271 g/mol. The Kier molecular flexibility index (Phi) is 6.37. The van der Waals surface area contributed by atoms with Gasteiger partial charge < -0.3 is 10.1 Å². The summed E-state index contributed by atoms with van der Waals surface area (Å²) in [4.78, 5) is 11.6. The van der Waals surface area contributed by atoms with Crippen molar-refractivity contribution in [2.75, 3.05) is 19.5 Å². The summed E-state index contributed by atoms with van der Waals surface area (Å²) < 4.78 is 6.52. The minimum Gasteiger partial charge on any atom is -0.383 e. The molecule has 18 heavy (non-hydrogen) atoms. The molecule has 0 aromatic carbocycles. The van der Waals surface area contributed by atoms with E-state index in [-0.39, 0.29) is 17.7 Å². The molecule has 1 amide bonds. The number of nitrogens with one attached hydrogen (secondary N) is 1. The lowest BCUT2D eigenvalue weighted by Gasteiger charge is -2.12. The summed E-state index contributed by atoms with van der Waals surface area (Å²) in [5, 5.41) is 14.6. The standard InChI is InChI=1S/C10H17N5O2S/c1-4-5-15-10(12-13-14-15)18-7-9(16)11-8(2)6-17-3/h4,8H,1,5-7H2,2-3H3,(H,11,16)/t8-/m0/s1. The van der Waals surface area contributed by atoms with Crippen molar-refractivity contribution >= 4 is 17.7 Å². The average molecular weight is 271 g/mol. The van der Waals surface area contributed by atoms with E-state index < -0.39 is 0 Å². The third-order valence-electron chi connectivity index (χ3n) is 1.96. The van der Waals surface area contributed by atoms with Gasteiger partial charge in [0.25, 0.3) is 0 Å². The maximum Gasteiger partial charge on any atom is 0.230 e. The third kappa shape index (κ3) is 4.84. The molecule has 0 aliphatic rings. The van der Waals surface area contributed by atoms with Crippen LogP contribution in [0, 0.1) is 0 Å². The van der Waals surface area contributed by atoms with E-state index in [9.17, 15) is 4.79 Å². The van der Waals surface area contributed by atoms with Crippen molar-refractivity contribution in [3.63, 3.8) is 0 Å². The Morgan fingerprint density at radius 2 is 2.50 bits per heavy atom. The molecule has 7 nitrogen and oxygen atoms in total. The van der Waals surface area contributed by atoms with Crippen LogP contribution in [0.15, 0.2) is 17.8 Å². The van der Waals surface area contributed by atoms with Crippen molar-refractivity contribution in [1.29, 1.82) is 0 Å². The Morgan fingerprint density at radius 1 is 1.72 bits per heavy atom. The molecular weight excluding hydrogens is 254 g/mol. The van der Waals surface area contributed by atoms with E-state index in [2.05, 4.69) is 27.4 Å². The molecular formula is C10H17N5O2S. The molecule has 0 saturated carbocycles. The highest BCUT2D eigenvalue weighted by Crippen LogP contribution is 2.12. The molecule has 0 saturated heterocycles. The van der Waals surface area contributed by atoms with Gasteiger partial charge in [0.05, 0.1) is 18.9 Å². The topological polar surface area (TPSA) is 81.9 Å². The van der Waals surface area contributed by atoms with Crippen LogP contribution in [-0.2, 0) is 16.1 Å². The van der Waals surface area contributed by atoms with E-state index in [0.717, 1.165) is 0 Å². The molecule has 1 heterocycles. The number of aromatic nitrogens is 4. The summed E-state index contributed by atoms with van der Waals surface area (Å²) in [6, 6.07) is -0.00716. The maximum absolute atomic E-state index is 11.6. The van der Waals surface area contributed by atoms with Crippen LogP contribution < -0.4 is 5.32 Å². The number of nitrogens with zero attached hydrogens (tertiary/aromatic N) is 4. The predicted molar refractivity (Wildman–Crippen MR) is 68.2 cm³/mol. The first kappa shape index (κ1) is 14.7. The number of tetrazole rings is 1. The van der Waals surface area contributed by atoms with Gasteiger partial charge in [0.15, 0.2) is 0 Å². The van der Waals surface area contributed by atoms with Gasteiger partial charge in [0.2, 0.25) is 11.1 Å². The fraction of sp³-hybridized carbons (Fsp3) is 0.600. The van der Waals surface area contributed by atoms with Gasteiger partial charge >= 0.3 is 0 Å². The number of rotatable bonds is 8. The molecule has 0 unspecified atom stereocenters. The van der Waals surface area contributed by atoms with Gasteiger partial charge in [-0.3, -0.25) is 4.79 Å². The molecule has 0 aliphatic heterocycles. The van der Waals surface area contributed by atoms with E-state index in [0.29, 0.717) is 18.3 Å². The van der Waals surface area contributed by atoms with Crippen molar-refractivity contribution in [2.24, 2.45) is 0 Å². The smallest absolute Gasteiger partial charge is 0.230 e. The largest absolute Gasteiger partial charge is 0.383 e. The minimum atomic E-state index is -0.0716. The number of hydrogen-bond donors (Lipinski definition) is 1. The molecule has 1 aromatic heterocycles. The maximum atomic E-state index is 11.6. The summed E-state index contributed by atoms with van der Waals surface area (Å²) in [6.07, 6.45) is 1.70. The van der Waals surface area contributed by atoms with Gasteiger partial charge in [0, 0.05) is 13.2 Å². The minimum absolute atomic E-state index is 0.00716. The summed E-state index contributed by atoms with van der Waals surface area (Å²) in [5.41, 5.74) is 0. The average Bonchev–Trinajstić information content (AvgIpc) is 2.75. The first-order valence-electron chi connectivity index (χ1n) is 5.45. The highest BCUT2D eigenvalue weighted by molar-refractivity contribution is 7.99. The second kappa shape index (κ2) is 7.83. The molecule has 0 spiro atoms. The number of methoxy groups -OCH3 is 1. The molecule has 100 valence electrons. The van der Waals surface area contributed by atoms with Crippen LogP contribution >= 0.6 is 11.8 Å². The van der Waals surface area contributed by atoms with Crippen LogP contribution in [0.1, 0.15) is 6.92 Å². The number of carbonyl (C=O) groups is 1. The molecule has 8 heteroatoms. The molecule has 1 rings (SSSR count). The Balaban J connectivity index is 2.37. The third-order valence-corrected chi connectivity index (χ3v) is 2.91. The van der Waals surface area contributed by atoms with Crippen molar-refractivity contribution in [3.8, 4) is 0 Å². The van der Waals surface area contributed by atoms with Crippen molar-refractivity contribution < 1.29 is 9.53 Å². The van der Waals surface area contributed by atoms with Crippen LogP contribution in [0.25, 0.3) is 0 Å². The summed E-state index contributed by atoms with van der Waals surface area (Å²) in [7, 11) is 1.60. The fourth-order valence-electron chi connectivity index (χ4n) is 1.27. The van der Waals surface area contributed by atoms with Gasteiger partial charge in [-0.2, -0.15) is 0 Å². The number of hydrogen-bond acceptors (Lipinski definition) is 6. The highest BCUT2D eigenvalue weighted by Gasteiger charge is 2.11. The Bertz CT molecular complexity index is 395. The molecule has 0 fully saturated rings. The Labute approximate surface area is 110 Å². The molecule has 1 aromatic rings. The lowest BCUT2D eigenvalue weighted by Crippen LogP contribution is -2.36. The van der Waals surface area contributed by atoms with Gasteiger partial charge in [-0.15, -0.1) is 11.7 Å². The van der Waals surface area contributed by atoms with Gasteiger partial charge in [-0.1, -0.05) is 17.8 Å². The lowest BCUT2D eigenvalue weighted by molar-refractivity contribution is -0.119. The molecule has 0 radical (unpaired) electrons. The van der Waals surface area contributed by atoms with Gasteiger partial charge in [-0.25, -0.2) is 4.68 Å². The summed E-state index contributed by atoms with van der Waals surface area (Å²) in [5.74, 6) is 0.198. The second-order valence-electron chi connectivity index (χ2n) is 3.64. The van der Waals surface area contributed by atoms with Crippen LogP contribution in [0.2, 0.25) is 0 Å².